The van der Waals surface area contributed by atoms with Crippen LogP contribution in [0.1, 0.15) is 17.4 Å². The number of benzene rings is 1. The molecule has 0 bridgehead atoms. The van der Waals surface area contributed by atoms with Gasteiger partial charge in [-0.15, -0.1) is 0 Å². The number of para-hydroxylation sites is 1. The van der Waals surface area contributed by atoms with Gasteiger partial charge in [-0.1, -0.05) is 12.1 Å². The molecule has 0 fully saturated rings. The standard InChI is InChI=1S/C16H17NO4/c1-18-9-12-7-6-11(8-17-12)15-10-20-14-5-3-4-13(19-2)16(14)21-15/h3-8,15H,9-10H2,1-2H3. The van der Waals surface area contributed by atoms with E-state index < -0.39 is 0 Å². The van der Waals surface area contributed by atoms with Gasteiger partial charge in [0.1, 0.15) is 6.61 Å². The van der Waals surface area contributed by atoms with Gasteiger partial charge >= 0.3 is 0 Å². The molecule has 2 aromatic rings. The van der Waals surface area contributed by atoms with Gasteiger partial charge in [0.15, 0.2) is 17.6 Å². The third-order valence-corrected chi connectivity index (χ3v) is 3.32. The average Bonchev–Trinajstić information content (AvgIpc) is 2.55. The van der Waals surface area contributed by atoms with Crippen LogP contribution in [0.3, 0.4) is 0 Å². The molecule has 5 nitrogen and oxygen atoms in total. The van der Waals surface area contributed by atoms with Crippen molar-refractivity contribution in [3.8, 4) is 17.2 Å². The Labute approximate surface area is 123 Å². The van der Waals surface area contributed by atoms with Gasteiger partial charge in [0.25, 0.3) is 0 Å². The van der Waals surface area contributed by atoms with Crippen molar-refractivity contribution in [1.29, 1.82) is 0 Å². The summed E-state index contributed by atoms with van der Waals surface area (Å²) in [7, 11) is 3.26. The van der Waals surface area contributed by atoms with Crippen molar-refractivity contribution in [3.05, 3.63) is 47.8 Å². The van der Waals surface area contributed by atoms with Crippen molar-refractivity contribution < 1.29 is 18.9 Å². The third-order valence-electron chi connectivity index (χ3n) is 3.32. The SMILES string of the molecule is COCc1ccc(C2COc3cccc(OC)c3O2)cn1. The van der Waals surface area contributed by atoms with Gasteiger partial charge in [-0.3, -0.25) is 4.98 Å². The Morgan fingerprint density at radius 1 is 1.24 bits per heavy atom. The first-order valence-electron chi connectivity index (χ1n) is 6.72. The maximum Gasteiger partial charge on any atom is 0.204 e. The molecule has 0 radical (unpaired) electrons. The second-order valence-electron chi connectivity index (χ2n) is 4.72. The molecule has 0 aliphatic carbocycles. The molecule has 0 spiro atoms. The Bertz CT molecular complexity index is 598. The van der Waals surface area contributed by atoms with Gasteiger partial charge in [0.2, 0.25) is 5.75 Å². The fourth-order valence-electron chi connectivity index (χ4n) is 2.25. The molecule has 21 heavy (non-hydrogen) atoms. The highest BCUT2D eigenvalue weighted by Gasteiger charge is 2.25. The molecule has 0 saturated carbocycles. The summed E-state index contributed by atoms with van der Waals surface area (Å²) in [4.78, 5) is 4.35. The fraction of sp³-hybridized carbons (Fsp3) is 0.312. The summed E-state index contributed by atoms with van der Waals surface area (Å²) in [6, 6.07) is 9.51. The quantitative estimate of drug-likeness (QED) is 0.865. The van der Waals surface area contributed by atoms with Crippen LogP contribution in [0.5, 0.6) is 17.2 Å². The van der Waals surface area contributed by atoms with Crippen LogP contribution in [0.2, 0.25) is 0 Å². The number of pyridine rings is 1. The molecule has 1 atom stereocenters. The zero-order valence-electron chi connectivity index (χ0n) is 12.0. The summed E-state index contributed by atoms with van der Waals surface area (Å²) in [5.74, 6) is 2.01. The maximum atomic E-state index is 6.02. The van der Waals surface area contributed by atoms with Gasteiger partial charge in [0.05, 0.1) is 19.4 Å². The molecule has 1 aliphatic heterocycles. The zero-order chi connectivity index (χ0) is 14.7. The van der Waals surface area contributed by atoms with Crippen molar-refractivity contribution >= 4 is 0 Å². The predicted octanol–water partition coefficient (Wildman–Crippen LogP) is 2.75. The first-order valence-corrected chi connectivity index (χ1v) is 6.72. The molecule has 0 N–H and O–H groups in total. The van der Waals surface area contributed by atoms with E-state index in [1.165, 1.54) is 0 Å². The van der Waals surface area contributed by atoms with Crippen molar-refractivity contribution in [2.45, 2.75) is 12.7 Å². The van der Waals surface area contributed by atoms with E-state index in [2.05, 4.69) is 4.98 Å². The highest BCUT2D eigenvalue weighted by atomic mass is 16.6. The first-order chi connectivity index (χ1) is 10.3. The number of fused-ring (bicyclic) bond motifs is 1. The van der Waals surface area contributed by atoms with E-state index in [0.717, 1.165) is 11.3 Å². The minimum atomic E-state index is -0.196. The van der Waals surface area contributed by atoms with Gasteiger partial charge < -0.3 is 18.9 Å². The second-order valence-corrected chi connectivity index (χ2v) is 4.72. The van der Waals surface area contributed by atoms with E-state index in [-0.39, 0.29) is 6.10 Å². The van der Waals surface area contributed by atoms with E-state index in [1.807, 2.05) is 30.3 Å². The summed E-state index contributed by atoms with van der Waals surface area (Å²) in [6.45, 7) is 0.949. The van der Waals surface area contributed by atoms with Crippen LogP contribution in [0.15, 0.2) is 36.5 Å². The van der Waals surface area contributed by atoms with Crippen LogP contribution in [-0.4, -0.2) is 25.8 Å². The highest BCUT2D eigenvalue weighted by Crippen LogP contribution is 2.42. The predicted molar refractivity (Wildman–Crippen MR) is 76.8 cm³/mol. The summed E-state index contributed by atoms with van der Waals surface area (Å²) in [6.07, 6.45) is 1.60. The molecule has 110 valence electrons. The Kier molecular flexibility index (Phi) is 3.92. The summed E-state index contributed by atoms with van der Waals surface area (Å²) < 4.78 is 22.1. The maximum absolute atomic E-state index is 6.02. The zero-order valence-corrected chi connectivity index (χ0v) is 12.0. The first kappa shape index (κ1) is 13.7. The Hall–Kier alpha value is -2.27. The molecular weight excluding hydrogens is 270 g/mol. The Morgan fingerprint density at radius 3 is 2.86 bits per heavy atom. The number of hydrogen-bond donors (Lipinski definition) is 0. The number of rotatable bonds is 4. The molecule has 0 amide bonds. The molecule has 1 aliphatic rings. The van der Waals surface area contributed by atoms with Crippen LogP contribution < -0.4 is 14.2 Å². The molecular formula is C16H17NO4. The lowest BCUT2D eigenvalue weighted by molar-refractivity contribution is 0.0868. The van der Waals surface area contributed by atoms with Gasteiger partial charge in [-0.25, -0.2) is 0 Å². The van der Waals surface area contributed by atoms with Crippen LogP contribution in [-0.2, 0) is 11.3 Å². The molecule has 0 saturated heterocycles. The minimum Gasteiger partial charge on any atom is -0.493 e. The van der Waals surface area contributed by atoms with Crippen LogP contribution in [0.4, 0.5) is 0 Å². The van der Waals surface area contributed by atoms with E-state index in [1.54, 1.807) is 20.4 Å². The smallest absolute Gasteiger partial charge is 0.204 e. The normalized spacial score (nSPS) is 16.6. The highest BCUT2D eigenvalue weighted by molar-refractivity contribution is 5.52. The lowest BCUT2D eigenvalue weighted by Crippen LogP contribution is -2.22. The number of aromatic nitrogens is 1. The monoisotopic (exact) mass is 287 g/mol. The molecule has 1 aromatic carbocycles. The average molecular weight is 287 g/mol. The number of ether oxygens (including phenoxy) is 4. The fourth-order valence-corrected chi connectivity index (χ4v) is 2.25. The van der Waals surface area contributed by atoms with Crippen LogP contribution >= 0.6 is 0 Å². The molecule has 1 unspecified atom stereocenters. The van der Waals surface area contributed by atoms with Gasteiger partial charge in [0, 0.05) is 18.9 Å². The summed E-state index contributed by atoms with van der Waals surface area (Å²) >= 11 is 0. The molecule has 5 heteroatoms. The van der Waals surface area contributed by atoms with E-state index in [9.17, 15) is 0 Å². The van der Waals surface area contributed by atoms with Gasteiger partial charge in [-0.2, -0.15) is 0 Å². The second kappa shape index (κ2) is 6.01. The largest absolute Gasteiger partial charge is 0.493 e. The Morgan fingerprint density at radius 2 is 2.14 bits per heavy atom. The number of methoxy groups -OCH3 is 2. The lowest BCUT2D eigenvalue weighted by Gasteiger charge is -2.27. The Balaban J connectivity index is 1.82. The van der Waals surface area contributed by atoms with Gasteiger partial charge in [-0.05, 0) is 18.2 Å². The number of hydrogen-bond acceptors (Lipinski definition) is 5. The third kappa shape index (κ3) is 2.78. The lowest BCUT2D eigenvalue weighted by atomic mass is 10.1. The van der Waals surface area contributed by atoms with Crippen molar-refractivity contribution in [2.75, 3.05) is 20.8 Å². The van der Waals surface area contributed by atoms with Crippen molar-refractivity contribution in [3.63, 3.8) is 0 Å². The van der Waals surface area contributed by atoms with Crippen LogP contribution in [0.25, 0.3) is 0 Å². The van der Waals surface area contributed by atoms with Crippen LogP contribution in [0, 0.1) is 0 Å². The number of nitrogens with zero attached hydrogens (tertiary/aromatic N) is 1. The molecule has 1 aromatic heterocycles. The topological polar surface area (TPSA) is 49.8 Å². The van der Waals surface area contributed by atoms with E-state index >= 15 is 0 Å². The summed E-state index contributed by atoms with van der Waals surface area (Å²) in [5, 5.41) is 0. The van der Waals surface area contributed by atoms with Crippen molar-refractivity contribution in [2.24, 2.45) is 0 Å². The van der Waals surface area contributed by atoms with E-state index in [4.69, 9.17) is 18.9 Å². The van der Waals surface area contributed by atoms with Crippen molar-refractivity contribution in [1.82, 2.24) is 4.98 Å². The molecule has 2 heterocycles. The molecule has 3 rings (SSSR count). The minimum absolute atomic E-state index is 0.196. The summed E-state index contributed by atoms with van der Waals surface area (Å²) in [5.41, 5.74) is 1.85. The van der Waals surface area contributed by atoms with E-state index in [0.29, 0.717) is 30.5 Å².